The Hall–Kier alpha value is -1.26. The number of likely N-dealkylation sites (N-methyl/N-ethyl adjacent to an activating group) is 1. The molecule has 106 valence electrons. The summed E-state index contributed by atoms with van der Waals surface area (Å²) in [5.74, 6) is 1.48. The highest BCUT2D eigenvalue weighted by Crippen LogP contribution is 2.44. The molecule has 1 fully saturated rings. The smallest absolute Gasteiger partial charge is 0.120 e. The minimum Gasteiger partial charge on any atom is -0.497 e. The van der Waals surface area contributed by atoms with E-state index in [1.807, 2.05) is 18.2 Å². The highest BCUT2D eigenvalue weighted by Gasteiger charge is 2.47. The van der Waals surface area contributed by atoms with E-state index in [1.54, 1.807) is 14.2 Å². The van der Waals surface area contributed by atoms with Crippen LogP contribution in [0.4, 0.5) is 5.69 Å². The van der Waals surface area contributed by atoms with Crippen molar-refractivity contribution in [2.45, 2.75) is 18.4 Å². The molecule has 0 aliphatic heterocycles. The van der Waals surface area contributed by atoms with Crippen molar-refractivity contribution in [2.75, 3.05) is 39.3 Å². The summed E-state index contributed by atoms with van der Waals surface area (Å²) in [4.78, 5) is 2.26. The molecule has 0 radical (unpaired) electrons. The molecule has 2 rings (SSSR count). The fraction of sp³-hybridized carbons (Fsp3) is 0.600. The van der Waals surface area contributed by atoms with Crippen molar-refractivity contribution >= 4 is 5.69 Å². The van der Waals surface area contributed by atoms with Crippen LogP contribution in [0.5, 0.6) is 5.75 Å². The lowest BCUT2D eigenvalue weighted by Gasteiger charge is -2.42. The Morgan fingerprint density at radius 2 is 2.11 bits per heavy atom. The van der Waals surface area contributed by atoms with Gasteiger partial charge in [-0.15, -0.1) is 0 Å². The molecule has 1 unspecified atom stereocenters. The zero-order chi connectivity index (χ0) is 13.9. The van der Waals surface area contributed by atoms with E-state index in [0.717, 1.165) is 11.4 Å². The number of hydrogen-bond donors (Lipinski definition) is 1. The van der Waals surface area contributed by atoms with Crippen LogP contribution in [0.3, 0.4) is 0 Å². The number of methoxy groups -OCH3 is 2. The third-order valence-corrected chi connectivity index (χ3v) is 4.19. The van der Waals surface area contributed by atoms with Crippen molar-refractivity contribution in [3.63, 3.8) is 0 Å². The van der Waals surface area contributed by atoms with E-state index < -0.39 is 0 Å². The Kier molecular flexibility index (Phi) is 4.32. The third-order valence-electron chi connectivity index (χ3n) is 4.19. The maximum absolute atomic E-state index is 6.09. The van der Waals surface area contributed by atoms with E-state index in [0.29, 0.717) is 19.1 Å². The summed E-state index contributed by atoms with van der Waals surface area (Å²) in [7, 11) is 5.52. The lowest BCUT2D eigenvalue weighted by molar-refractivity contribution is 0.120. The van der Waals surface area contributed by atoms with Crippen molar-refractivity contribution < 1.29 is 9.47 Å². The zero-order valence-electron chi connectivity index (χ0n) is 12.1. The third kappa shape index (κ3) is 2.69. The first-order chi connectivity index (χ1) is 9.17. The van der Waals surface area contributed by atoms with Crippen LogP contribution >= 0.6 is 0 Å². The van der Waals surface area contributed by atoms with E-state index in [1.165, 1.54) is 12.8 Å². The first-order valence-corrected chi connectivity index (χ1v) is 6.75. The molecule has 1 aromatic carbocycles. The molecule has 1 aromatic rings. The Morgan fingerprint density at radius 3 is 2.63 bits per heavy atom. The van der Waals surface area contributed by atoms with E-state index in [-0.39, 0.29) is 5.54 Å². The summed E-state index contributed by atoms with van der Waals surface area (Å²) >= 11 is 0. The minimum absolute atomic E-state index is 0.110. The predicted molar refractivity (Wildman–Crippen MR) is 77.8 cm³/mol. The maximum Gasteiger partial charge on any atom is 0.120 e. The van der Waals surface area contributed by atoms with Crippen LogP contribution in [0.15, 0.2) is 24.3 Å². The Labute approximate surface area is 115 Å². The number of benzene rings is 1. The maximum atomic E-state index is 6.09. The first kappa shape index (κ1) is 14.2. The predicted octanol–water partition coefficient (Wildman–Crippen LogP) is 1.89. The van der Waals surface area contributed by atoms with Gasteiger partial charge in [-0.2, -0.15) is 0 Å². The number of nitrogens with zero attached hydrogens (tertiary/aromatic N) is 1. The quantitative estimate of drug-likeness (QED) is 0.817. The van der Waals surface area contributed by atoms with Crippen molar-refractivity contribution in [3.05, 3.63) is 24.3 Å². The molecule has 1 saturated carbocycles. The average Bonchev–Trinajstić information content (AvgIpc) is 3.29. The summed E-state index contributed by atoms with van der Waals surface area (Å²) in [5.41, 5.74) is 7.10. The van der Waals surface area contributed by atoms with Gasteiger partial charge in [-0.25, -0.2) is 0 Å². The Morgan fingerprint density at radius 1 is 1.37 bits per heavy atom. The molecule has 0 saturated heterocycles. The summed E-state index contributed by atoms with van der Waals surface area (Å²) < 4.78 is 10.7. The molecule has 0 heterocycles. The van der Waals surface area contributed by atoms with Crippen LogP contribution < -0.4 is 15.4 Å². The van der Waals surface area contributed by atoms with Crippen LogP contribution in [0.2, 0.25) is 0 Å². The van der Waals surface area contributed by atoms with E-state index in [9.17, 15) is 0 Å². The Bertz CT molecular complexity index is 420. The van der Waals surface area contributed by atoms with Gasteiger partial charge in [0, 0.05) is 32.5 Å². The minimum atomic E-state index is -0.110. The second kappa shape index (κ2) is 5.80. The van der Waals surface area contributed by atoms with Crippen molar-refractivity contribution in [1.29, 1.82) is 0 Å². The van der Waals surface area contributed by atoms with Gasteiger partial charge in [0.2, 0.25) is 0 Å². The summed E-state index contributed by atoms with van der Waals surface area (Å²) in [5, 5.41) is 0. The summed E-state index contributed by atoms with van der Waals surface area (Å²) in [6, 6.07) is 8.09. The van der Waals surface area contributed by atoms with E-state index >= 15 is 0 Å². The SMILES string of the molecule is COCC(CN)(C1CC1)N(C)c1cccc(OC)c1. The second-order valence-corrected chi connectivity index (χ2v) is 5.28. The zero-order valence-corrected chi connectivity index (χ0v) is 12.1. The molecule has 1 aliphatic carbocycles. The van der Waals surface area contributed by atoms with Crippen molar-refractivity contribution in [2.24, 2.45) is 11.7 Å². The van der Waals surface area contributed by atoms with Gasteiger partial charge >= 0.3 is 0 Å². The van der Waals surface area contributed by atoms with Gasteiger partial charge in [-0.05, 0) is 30.9 Å². The number of nitrogens with two attached hydrogens (primary N) is 1. The molecule has 4 heteroatoms. The summed E-state index contributed by atoms with van der Waals surface area (Å²) in [6.07, 6.45) is 2.46. The molecule has 0 spiro atoms. The molecule has 0 bridgehead atoms. The van der Waals surface area contributed by atoms with Gasteiger partial charge in [-0.3, -0.25) is 0 Å². The number of anilines is 1. The fourth-order valence-corrected chi connectivity index (χ4v) is 2.80. The van der Waals surface area contributed by atoms with Gasteiger partial charge in [0.25, 0.3) is 0 Å². The molecular formula is C15H24N2O2. The van der Waals surface area contributed by atoms with Gasteiger partial charge < -0.3 is 20.1 Å². The lowest BCUT2D eigenvalue weighted by atomic mass is 9.91. The molecule has 19 heavy (non-hydrogen) atoms. The largest absolute Gasteiger partial charge is 0.497 e. The van der Waals surface area contributed by atoms with Crippen molar-refractivity contribution in [1.82, 2.24) is 0 Å². The number of rotatable bonds is 7. The lowest BCUT2D eigenvalue weighted by Crippen LogP contribution is -2.57. The van der Waals surface area contributed by atoms with Crippen LogP contribution in [0.1, 0.15) is 12.8 Å². The van der Waals surface area contributed by atoms with Crippen LogP contribution in [-0.4, -0.2) is 40.0 Å². The van der Waals surface area contributed by atoms with Gasteiger partial charge in [0.15, 0.2) is 0 Å². The average molecular weight is 264 g/mol. The van der Waals surface area contributed by atoms with Gasteiger partial charge in [0.1, 0.15) is 5.75 Å². The molecule has 1 aliphatic rings. The molecule has 2 N–H and O–H groups in total. The summed E-state index contributed by atoms with van der Waals surface area (Å²) in [6.45, 7) is 1.25. The topological polar surface area (TPSA) is 47.7 Å². The van der Waals surface area contributed by atoms with Gasteiger partial charge in [0.05, 0.1) is 19.3 Å². The molecule has 1 atom stereocenters. The highest BCUT2D eigenvalue weighted by atomic mass is 16.5. The Balaban J connectivity index is 2.29. The normalized spacial score (nSPS) is 17.9. The van der Waals surface area contributed by atoms with Crippen LogP contribution in [0.25, 0.3) is 0 Å². The van der Waals surface area contributed by atoms with Gasteiger partial charge in [-0.1, -0.05) is 6.07 Å². The highest BCUT2D eigenvalue weighted by molar-refractivity contribution is 5.53. The molecule has 0 aromatic heterocycles. The molecule has 0 amide bonds. The standard InChI is InChI=1S/C15H24N2O2/c1-17(13-5-4-6-14(9-13)19-3)15(10-16,11-18-2)12-7-8-12/h4-6,9,12H,7-8,10-11,16H2,1-3H3. The fourth-order valence-electron chi connectivity index (χ4n) is 2.80. The first-order valence-electron chi connectivity index (χ1n) is 6.75. The van der Waals surface area contributed by atoms with Crippen molar-refractivity contribution in [3.8, 4) is 5.75 Å². The van der Waals surface area contributed by atoms with Crippen LogP contribution in [0, 0.1) is 5.92 Å². The van der Waals surface area contributed by atoms with Crippen LogP contribution in [-0.2, 0) is 4.74 Å². The molecule has 4 nitrogen and oxygen atoms in total. The number of hydrogen-bond acceptors (Lipinski definition) is 4. The number of ether oxygens (including phenoxy) is 2. The molecular weight excluding hydrogens is 240 g/mol. The monoisotopic (exact) mass is 264 g/mol. The van der Waals surface area contributed by atoms with E-state index in [4.69, 9.17) is 15.2 Å². The second-order valence-electron chi connectivity index (χ2n) is 5.28. The van der Waals surface area contributed by atoms with E-state index in [2.05, 4.69) is 18.0 Å².